The summed E-state index contributed by atoms with van der Waals surface area (Å²) in [6, 6.07) is 18.2. The molecule has 0 N–H and O–H groups in total. The van der Waals surface area contributed by atoms with Crippen molar-refractivity contribution in [3.63, 3.8) is 0 Å². The quantitative estimate of drug-likeness (QED) is 0.379. The maximum absolute atomic E-state index is 13.4. The third-order valence-electron chi connectivity index (χ3n) is 4.60. The number of ether oxygens (including phenoxy) is 3. The van der Waals surface area contributed by atoms with Crippen LogP contribution in [0.3, 0.4) is 0 Å². The van der Waals surface area contributed by atoms with Gasteiger partial charge in [0.25, 0.3) is 0 Å². The lowest BCUT2D eigenvalue weighted by Gasteiger charge is -2.08. The summed E-state index contributed by atoms with van der Waals surface area (Å²) in [5.74, 6) is 1.47. The number of carbonyl (C=O) groups excluding carboxylic acids is 1. The van der Waals surface area contributed by atoms with E-state index in [4.69, 9.17) is 14.2 Å². The van der Waals surface area contributed by atoms with Gasteiger partial charge in [-0.05, 0) is 42.5 Å². The molecule has 0 spiro atoms. The van der Waals surface area contributed by atoms with E-state index in [1.54, 1.807) is 42.5 Å². The number of hydrogen-bond acceptors (Lipinski definition) is 5. The topological polar surface area (TPSA) is 62.6 Å². The molecule has 0 aliphatic carbocycles. The van der Waals surface area contributed by atoms with Gasteiger partial charge in [0.15, 0.2) is 0 Å². The van der Waals surface area contributed by atoms with E-state index < -0.39 is 5.97 Å². The van der Waals surface area contributed by atoms with E-state index in [9.17, 15) is 9.18 Å². The summed E-state index contributed by atoms with van der Waals surface area (Å²) in [5, 5.41) is 0. The van der Waals surface area contributed by atoms with Crippen molar-refractivity contribution in [3.8, 4) is 17.2 Å². The Morgan fingerprint density at radius 1 is 1.00 bits per heavy atom. The second-order valence-electron chi connectivity index (χ2n) is 6.61. The predicted molar refractivity (Wildman–Crippen MR) is 117 cm³/mol. The fraction of sp³-hybridized carbons (Fsp3) is 0.130. The first kappa shape index (κ1) is 22.1. The Labute approximate surface area is 184 Å². The Balaban J connectivity index is 0.00000272. The van der Waals surface area contributed by atoms with Gasteiger partial charge in [-0.2, -0.15) is 0 Å². The summed E-state index contributed by atoms with van der Waals surface area (Å²) >= 11 is 0. The van der Waals surface area contributed by atoms with Gasteiger partial charge in [-0.15, -0.1) is 12.4 Å². The average molecular weight is 443 g/mol. The van der Waals surface area contributed by atoms with Gasteiger partial charge in [-0.3, -0.25) is 0 Å². The zero-order chi connectivity index (χ0) is 21.1. The lowest BCUT2D eigenvalue weighted by Crippen LogP contribution is -2.05. The third kappa shape index (κ3) is 4.95. The number of benzene rings is 3. The van der Waals surface area contributed by atoms with E-state index in [0.717, 1.165) is 11.0 Å². The summed E-state index contributed by atoms with van der Waals surface area (Å²) < 4.78 is 31.6. The highest BCUT2D eigenvalue weighted by Crippen LogP contribution is 2.27. The number of rotatable bonds is 6. The minimum Gasteiger partial charge on any atom is -0.486 e. The molecular formula is C23H20ClFN2O4. The Morgan fingerprint density at radius 2 is 1.74 bits per heavy atom. The van der Waals surface area contributed by atoms with Crippen LogP contribution in [-0.2, 0) is 18.4 Å². The van der Waals surface area contributed by atoms with Gasteiger partial charge >= 0.3 is 5.97 Å². The molecule has 0 radical (unpaired) electrons. The zero-order valence-electron chi connectivity index (χ0n) is 16.9. The van der Waals surface area contributed by atoms with Crippen molar-refractivity contribution in [2.45, 2.75) is 6.61 Å². The van der Waals surface area contributed by atoms with Crippen molar-refractivity contribution in [1.29, 1.82) is 0 Å². The van der Waals surface area contributed by atoms with E-state index in [1.807, 2.05) is 23.7 Å². The zero-order valence-corrected chi connectivity index (χ0v) is 17.7. The van der Waals surface area contributed by atoms with Crippen molar-refractivity contribution in [3.05, 3.63) is 83.9 Å². The fourth-order valence-corrected chi connectivity index (χ4v) is 3.06. The van der Waals surface area contributed by atoms with Crippen LogP contribution < -0.4 is 9.47 Å². The minimum atomic E-state index is -0.422. The van der Waals surface area contributed by atoms with E-state index in [0.29, 0.717) is 28.6 Å². The average Bonchev–Trinajstić information content (AvgIpc) is 3.07. The molecule has 0 atom stereocenters. The van der Waals surface area contributed by atoms with Crippen LogP contribution in [0.4, 0.5) is 4.39 Å². The monoisotopic (exact) mass is 442 g/mol. The van der Waals surface area contributed by atoms with Gasteiger partial charge in [-0.1, -0.05) is 12.1 Å². The molecule has 160 valence electrons. The maximum Gasteiger partial charge on any atom is 0.337 e. The SMILES string of the molecule is COC(=O)c1cccc(OCc2nc3ccc(Oc4cccc(F)c4)cc3n2C)c1.Cl. The van der Waals surface area contributed by atoms with Crippen LogP contribution in [0.15, 0.2) is 66.7 Å². The summed E-state index contributed by atoms with van der Waals surface area (Å²) in [5.41, 5.74) is 2.05. The number of nitrogens with zero attached hydrogens (tertiary/aromatic N) is 2. The molecule has 3 aromatic carbocycles. The smallest absolute Gasteiger partial charge is 0.337 e. The highest BCUT2D eigenvalue weighted by Gasteiger charge is 2.11. The Kier molecular flexibility index (Phi) is 6.77. The minimum absolute atomic E-state index is 0. The van der Waals surface area contributed by atoms with Gasteiger partial charge in [-0.25, -0.2) is 14.2 Å². The van der Waals surface area contributed by atoms with Crippen LogP contribution in [0.2, 0.25) is 0 Å². The number of carbonyl (C=O) groups is 1. The first-order valence-corrected chi connectivity index (χ1v) is 9.23. The number of esters is 1. The maximum atomic E-state index is 13.4. The van der Waals surface area contributed by atoms with E-state index in [2.05, 4.69) is 4.98 Å². The van der Waals surface area contributed by atoms with E-state index in [-0.39, 0.29) is 24.8 Å². The number of methoxy groups -OCH3 is 1. The molecular weight excluding hydrogens is 423 g/mol. The molecule has 1 heterocycles. The number of halogens is 2. The molecule has 4 rings (SSSR count). The molecule has 31 heavy (non-hydrogen) atoms. The number of fused-ring (bicyclic) bond motifs is 1. The van der Waals surface area contributed by atoms with Crippen molar-refractivity contribution in [1.82, 2.24) is 9.55 Å². The second-order valence-corrected chi connectivity index (χ2v) is 6.61. The number of imidazole rings is 1. The van der Waals surface area contributed by atoms with Crippen LogP contribution in [0.25, 0.3) is 11.0 Å². The van der Waals surface area contributed by atoms with Crippen molar-refractivity contribution in [2.75, 3.05) is 7.11 Å². The van der Waals surface area contributed by atoms with Crippen molar-refractivity contribution >= 4 is 29.4 Å². The largest absolute Gasteiger partial charge is 0.486 e. The van der Waals surface area contributed by atoms with Gasteiger partial charge in [0, 0.05) is 19.2 Å². The van der Waals surface area contributed by atoms with E-state index >= 15 is 0 Å². The Bertz CT molecular complexity index is 1230. The number of aromatic nitrogens is 2. The molecule has 0 amide bonds. The van der Waals surface area contributed by atoms with Crippen molar-refractivity contribution < 1.29 is 23.4 Å². The number of hydrogen-bond donors (Lipinski definition) is 0. The molecule has 8 heteroatoms. The Hall–Kier alpha value is -3.58. The molecule has 4 aromatic rings. The standard InChI is InChI=1S/C23H19FN2O4.ClH/c1-26-21-13-19(30-18-8-4-6-16(24)12-18)9-10-20(21)25-22(26)14-29-17-7-3-5-15(11-17)23(27)28-2;/h3-13H,14H2,1-2H3;1H. The molecule has 0 bridgehead atoms. The summed E-state index contributed by atoms with van der Waals surface area (Å²) in [6.45, 7) is 0.218. The van der Waals surface area contributed by atoms with Crippen LogP contribution in [0.1, 0.15) is 16.2 Å². The third-order valence-corrected chi connectivity index (χ3v) is 4.60. The van der Waals surface area contributed by atoms with Crippen LogP contribution >= 0.6 is 12.4 Å². The molecule has 0 fully saturated rings. The fourth-order valence-electron chi connectivity index (χ4n) is 3.06. The molecule has 0 unspecified atom stereocenters. The Morgan fingerprint density at radius 3 is 2.52 bits per heavy atom. The first-order chi connectivity index (χ1) is 14.5. The molecule has 0 saturated carbocycles. The van der Waals surface area contributed by atoms with Crippen LogP contribution in [-0.4, -0.2) is 22.6 Å². The van der Waals surface area contributed by atoms with Gasteiger partial charge in [0.1, 0.15) is 35.5 Å². The van der Waals surface area contributed by atoms with E-state index in [1.165, 1.54) is 19.2 Å². The van der Waals surface area contributed by atoms with Gasteiger partial charge in [0.2, 0.25) is 0 Å². The molecule has 1 aromatic heterocycles. The second kappa shape index (κ2) is 9.49. The van der Waals surface area contributed by atoms with Crippen LogP contribution in [0.5, 0.6) is 17.2 Å². The van der Waals surface area contributed by atoms with Crippen LogP contribution in [0, 0.1) is 5.82 Å². The molecule has 6 nitrogen and oxygen atoms in total. The molecule has 0 saturated heterocycles. The molecule has 0 aliphatic rings. The highest BCUT2D eigenvalue weighted by molar-refractivity contribution is 5.89. The predicted octanol–water partition coefficient (Wildman–Crippen LogP) is 5.29. The molecule has 0 aliphatic heterocycles. The number of aryl methyl sites for hydroxylation is 1. The summed E-state index contributed by atoms with van der Waals surface area (Å²) in [4.78, 5) is 16.3. The van der Waals surface area contributed by atoms with Crippen molar-refractivity contribution in [2.24, 2.45) is 7.05 Å². The van der Waals surface area contributed by atoms with Gasteiger partial charge in [0.05, 0.1) is 23.7 Å². The normalized spacial score (nSPS) is 10.4. The summed E-state index contributed by atoms with van der Waals surface area (Å²) in [6.07, 6.45) is 0. The summed E-state index contributed by atoms with van der Waals surface area (Å²) in [7, 11) is 3.21. The highest BCUT2D eigenvalue weighted by atomic mass is 35.5. The van der Waals surface area contributed by atoms with Gasteiger partial charge < -0.3 is 18.8 Å². The first-order valence-electron chi connectivity index (χ1n) is 9.23. The lowest BCUT2D eigenvalue weighted by molar-refractivity contribution is 0.0600. The lowest BCUT2D eigenvalue weighted by atomic mass is 10.2.